The second kappa shape index (κ2) is 5.27. The molecule has 0 spiro atoms. The lowest BCUT2D eigenvalue weighted by Crippen LogP contribution is -2.03. The number of carboxylic acids is 1. The molecule has 0 fully saturated rings. The van der Waals surface area contributed by atoms with E-state index in [1.807, 2.05) is 24.3 Å². The zero-order valence-corrected chi connectivity index (χ0v) is 9.83. The molecule has 1 N–H and O–H groups in total. The summed E-state index contributed by atoms with van der Waals surface area (Å²) in [6.45, 7) is 0. The molecule has 1 aromatic carbocycles. The van der Waals surface area contributed by atoms with Crippen molar-refractivity contribution in [1.29, 1.82) is 0 Å². The molecule has 0 saturated heterocycles. The van der Waals surface area contributed by atoms with Gasteiger partial charge in [0.05, 0.1) is 24.9 Å². The lowest BCUT2D eigenvalue weighted by Gasteiger charge is -2.04. The summed E-state index contributed by atoms with van der Waals surface area (Å²) in [4.78, 5) is 18.7. The van der Waals surface area contributed by atoms with Gasteiger partial charge in [-0.1, -0.05) is 12.1 Å². The third-order valence-electron chi connectivity index (χ3n) is 2.42. The van der Waals surface area contributed by atoms with Crippen LogP contribution < -0.4 is 4.74 Å². The van der Waals surface area contributed by atoms with E-state index in [-0.39, 0.29) is 6.42 Å². The molecule has 92 valence electrons. The molecule has 0 aliphatic heterocycles. The molecular weight excluding hydrogens is 232 g/mol. The molecule has 0 aliphatic carbocycles. The second-order valence-electron chi connectivity index (χ2n) is 3.70. The van der Waals surface area contributed by atoms with Gasteiger partial charge in [0.2, 0.25) is 0 Å². The molecule has 1 aromatic heterocycles. The standard InChI is InChI=1S/C13H12N2O3/c1-18-11-4-2-3-9(5-11)12-6-10(7-13(16)17)14-8-15-12/h2-6,8H,7H2,1H3,(H,16,17). The largest absolute Gasteiger partial charge is 0.497 e. The fourth-order valence-corrected chi connectivity index (χ4v) is 1.59. The highest BCUT2D eigenvalue weighted by molar-refractivity contribution is 5.70. The zero-order valence-electron chi connectivity index (χ0n) is 9.83. The van der Waals surface area contributed by atoms with Crippen molar-refractivity contribution in [3.8, 4) is 17.0 Å². The van der Waals surface area contributed by atoms with Crippen molar-refractivity contribution in [1.82, 2.24) is 9.97 Å². The summed E-state index contributed by atoms with van der Waals surface area (Å²) in [7, 11) is 1.59. The Morgan fingerprint density at radius 2 is 2.17 bits per heavy atom. The van der Waals surface area contributed by atoms with Crippen molar-refractivity contribution < 1.29 is 14.6 Å². The molecular formula is C13H12N2O3. The van der Waals surface area contributed by atoms with Gasteiger partial charge >= 0.3 is 5.97 Å². The van der Waals surface area contributed by atoms with E-state index in [0.717, 1.165) is 11.3 Å². The predicted molar refractivity (Wildman–Crippen MR) is 65.4 cm³/mol. The van der Waals surface area contributed by atoms with Gasteiger partial charge in [0.15, 0.2) is 0 Å². The molecule has 0 atom stereocenters. The maximum Gasteiger partial charge on any atom is 0.309 e. The fourth-order valence-electron chi connectivity index (χ4n) is 1.59. The molecule has 2 rings (SSSR count). The van der Waals surface area contributed by atoms with Crippen LogP contribution in [0.3, 0.4) is 0 Å². The monoisotopic (exact) mass is 244 g/mol. The molecule has 0 aliphatic rings. The number of aliphatic carboxylic acids is 1. The van der Waals surface area contributed by atoms with Crippen molar-refractivity contribution in [3.63, 3.8) is 0 Å². The van der Waals surface area contributed by atoms with E-state index >= 15 is 0 Å². The van der Waals surface area contributed by atoms with Crippen molar-refractivity contribution >= 4 is 5.97 Å². The average molecular weight is 244 g/mol. The minimum absolute atomic E-state index is 0.112. The molecule has 0 bridgehead atoms. The Morgan fingerprint density at radius 3 is 2.89 bits per heavy atom. The Kier molecular flexibility index (Phi) is 3.52. The quantitative estimate of drug-likeness (QED) is 0.887. The number of benzene rings is 1. The number of methoxy groups -OCH3 is 1. The molecule has 18 heavy (non-hydrogen) atoms. The third-order valence-corrected chi connectivity index (χ3v) is 2.42. The predicted octanol–water partition coefficient (Wildman–Crippen LogP) is 1.78. The summed E-state index contributed by atoms with van der Waals surface area (Å²) >= 11 is 0. The SMILES string of the molecule is COc1cccc(-c2cc(CC(=O)O)ncn2)c1. The molecule has 0 unspecified atom stereocenters. The molecule has 2 aromatic rings. The number of aromatic nitrogens is 2. The maximum absolute atomic E-state index is 10.6. The van der Waals surface area contributed by atoms with Crippen molar-refractivity contribution in [2.24, 2.45) is 0 Å². The van der Waals surface area contributed by atoms with Crippen molar-refractivity contribution in [2.75, 3.05) is 7.11 Å². The number of carboxylic acid groups (broad SMARTS) is 1. The molecule has 0 saturated carbocycles. The van der Waals surface area contributed by atoms with E-state index in [2.05, 4.69) is 9.97 Å². The van der Waals surface area contributed by atoms with Gasteiger partial charge < -0.3 is 9.84 Å². The van der Waals surface area contributed by atoms with Crippen molar-refractivity contribution in [2.45, 2.75) is 6.42 Å². The summed E-state index contributed by atoms with van der Waals surface area (Å²) in [6.07, 6.45) is 1.26. The molecule has 5 heteroatoms. The van der Waals surface area contributed by atoms with E-state index in [1.54, 1.807) is 13.2 Å². The van der Waals surface area contributed by atoms with Gasteiger partial charge in [0, 0.05) is 5.56 Å². The topological polar surface area (TPSA) is 72.3 Å². The first-order chi connectivity index (χ1) is 8.69. The Bertz CT molecular complexity index is 570. The number of hydrogen-bond donors (Lipinski definition) is 1. The maximum atomic E-state index is 10.6. The van der Waals surface area contributed by atoms with Crippen LogP contribution in [0.5, 0.6) is 5.75 Å². The Labute approximate surface area is 104 Å². The first-order valence-electron chi connectivity index (χ1n) is 5.36. The lowest BCUT2D eigenvalue weighted by molar-refractivity contribution is -0.136. The van der Waals surface area contributed by atoms with Gasteiger partial charge in [-0.2, -0.15) is 0 Å². The summed E-state index contributed by atoms with van der Waals surface area (Å²) in [5, 5.41) is 8.73. The van der Waals surface area contributed by atoms with Crippen LogP contribution in [0.1, 0.15) is 5.69 Å². The van der Waals surface area contributed by atoms with Crippen molar-refractivity contribution in [3.05, 3.63) is 42.4 Å². The van der Waals surface area contributed by atoms with Crippen LogP contribution in [0.2, 0.25) is 0 Å². The summed E-state index contributed by atoms with van der Waals surface area (Å²) in [5.41, 5.74) is 2.03. The number of rotatable bonds is 4. The number of hydrogen-bond acceptors (Lipinski definition) is 4. The van der Waals surface area contributed by atoms with Crippen LogP contribution in [-0.4, -0.2) is 28.2 Å². The lowest BCUT2D eigenvalue weighted by atomic mass is 10.1. The van der Waals surface area contributed by atoms with E-state index in [9.17, 15) is 4.79 Å². The van der Waals surface area contributed by atoms with Crippen LogP contribution in [0.4, 0.5) is 0 Å². The fraction of sp³-hybridized carbons (Fsp3) is 0.154. The van der Waals surface area contributed by atoms with E-state index in [4.69, 9.17) is 9.84 Å². The molecule has 0 amide bonds. The summed E-state index contributed by atoms with van der Waals surface area (Å²) in [5.74, 6) is -0.184. The van der Waals surface area contributed by atoms with Crippen LogP contribution in [0, 0.1) is 0 Å². The van der Waals surface area contributed by atoms with Gasteiger partial charge in [-0.15, -0.1) is 0 Å². The Hall–Kier alpha value is -2.43. The summed E-state index contributed by atoms with van der Waals surface area (Å²) < 4.78 is 5.13. The van der Waals surface area contributed by atoms with Crippen LogP contribution in [-0.2, 0) is 11.2 Å². The highest BCUT2D eigenvalue weighted by Gasteiger charge is 2.06. The van der Waals surface area contributed by atoms with Crippen LogP contribution in [0.15, 0.2) is 36.7 Å². The Morgan fingerprint density at radius 1 is 1.33 bits per heavy atom. The molecule has 5 nitrogen and oxygen atoms in total. The number of carbonyl (C=O) groups is 1. The van der Waals surface area contributed by atoms with Gasteiger partial charge in [0.1, 0.15) is 12.1 Å². The van der Waals surface area contributed by atoms with E-state index in [0.29, 0.717) is 11.4 Å². The van der Waals surface area contributed by atoms with Gasteiger partial charge in [-0.05, 0) is 18.2 Å². The van der Waals surface area contributed by atoms with E-state index in [1.165, 1.54) is 6.33 Å². The van der Waals surface area contributed by atoms with Gasteiger partial charge in [0.25, 0.3) is 0 Å². The average Bonchev–Trinajstić information content (AvgIpc) is 2.38. The molecule has 0 radical (unpaired) electrons. The smallest absolute Gasteiger partial charge is 0.309 e. The second-order valence-corrected chi connectivity index (χ2v) is 3.70. The number of ether oxygens (including phenoxy) is 1. The zero-order chi connectivity index (χ0) is 13.0. The van der Waals surface area contributed by atoms with Crippen LogP contribution >= 0.6 is 0 Å². The first-order valence-corrected chi connectivity index (χ1v) is 5.36. The highest BCUT2D eigenvalue weighted by atomic mass is 16.5. The van der Waals surface area contributed by atoms with Gasteiger partial charge in [-0.3, -0.25) is 4.79 Å². The number of nitrogens with zero attached hydrogens (tertiary/aromatic N) is 2. The first kappa shape index (κ1) is 12.0. The van der Waals surface area contributed by atoms with E-state index < -0.39 is 5.97 Å². The third kappa shape index (κ3) is 2.82. The molecule has 1 heterocycles. The minimum atomic E-state index is -0.912. The summed E-state index contributed by atoms with van der Waals surface area (Å²) in [6, 6.07) is 9.08. The minimum Gasteiger partial charge on any atom is -0.497 e. The Balaban J connectivity index is 2.34. The van der Waals surface area contributed by atoms with Crippen LogP contribution in [0.25, 0.3) is 11.3 Å². The highest BCUT2D eigenvalue weighted by Crippen LogP contribution is 2.22. The normalized spacial score (nSPS) is 10.1. The van der Waals surface area contributed by atoms with Gasteiger partial charge in [-0.25, -0.2) is 9.97 Å².